The normalized spacial score (nSPS) is 12.5. The van der Waals surface area contributed by atoms with Crippen LogP contribution in [0.2, 0.25) is 0 Å². The van der Waals surface area contributed by atoms with Crippen molar-refractivity contribution in [2.75, 3.05) is 0 Å². The number of carbonyl (C=O) groups is 1. The average Bonchev–Trinajstić information content (AvgIpc) is 2.96. The van der Waals surface area contributed by atoms with E-state index in [0.29, 0.717) is 12.3 Å². The van der Waals surface area contributed by atoms with E-state index in [9.17, 15) is 4.79 Å². The Kier molecular flexibility index (Phi) is 3.78. The van der Waals surface area contributed by atoms with E-state index in [4.69, 9.17) is 9.52 Å². The fraction of sp³-hybridized carbons (Fsp3) is 0.333. The predicted octanol–water partition coefficient (Wildman–Crippen LogP) is 1.35. The van der Waals surface area contributed by atoms with Crippen LogP contribution in [0.5, 0.6) is 0 Å². The van der Waals surface area contributed by atoms with Gasteiger partial charge >= 0.3 is 5.97 Å². The number of nitrogens with zero attached hydrogens (tertiary/aromatic N) is 2. The van der Waals surface area contributed by atoms with Crippen molar-refractivity contribution in [1.82, 2.24) is 15.1 Å². The number of aromatic carboxylic acids is 1. The van der Waals surface area contributed by atoms with Crippen LogP contribution in [-0.4, -0.2) is 26.9 Å². The second-order valence-electron chi connectivity index (χ2n) is 4.08. The van der Waals surface area contributed by atoms with Gasteiger partial charge in [0.05, 0.1) is 13.1 Å². The molecule has 2 aromatic rings. The highest BCUT2D eigenvalue weighted by molar-refractivity contribution is 5.84. The Morgan fingerprint density at radius 3 is 3.06 bits per heavy atom. The number of carboxylic acid groups (broad SMARTS) is 1. The molecule has 0 spiro atoms. The van der Waals surface area contributed by atoms with Crippen LogP contribution in [-0.2, 0) is 13.1 Å². The van der Waals surface area contributed by atoms with Gasteiger partial charge in [-0.2, -0.15) is 5.10 Å². The van der Waals surface area contributed by atoms with Crippen LogP contribution >= 0.6 is 0 Å². The van der Waals surface area contributed by atoms with E-state index in [0.717, 1.165) is 6.54 Å². The van der Waals surface area contributed by atoms with Gasteiger partial charge in [0.25, 0.3) is 0 Å². The summed E-state index contributed by atoms with van der Waals surface area (Å²) in [6.45, 7) is 3.28. The molecule has 0 aromatic carbocycles. The minimum atomic E-state index is -1.05. The van der Waals surface area contributed by atoms with E-state index in [1.54, 1.807) is 12.3 Å². The number of hydrogen-bond donors (Lipinski definition) is 2. The van der Waals surface area contributed by atoms with Crippen molar-refractivity contribution in [2.24, 2.45) is 0 Å². The lowest BCUT2D eigenvalue weighted by atomic mass is 10.3. The molecule has 6 heteroatoms. The third-order valence-electron chi connectivity index (χ3n) is 2.52. The van der Waals surface area contributed by atoms with Crippen LogP contribution in [0, 0.1) is 0 Å². The highest BCUT2D eigenvalue weighted by Crippen LogP contribution is 2.07. The quantitative estimate of drug-likeness (QED) is 0.807. The van der Waals surface area contributed by atoms with Gasteiger partial charge < -0.3 is 14.8 Å². The summed E-state index contributed by atoms with van der Waals surface area (Å²) in [6.07, 6.45) is 3.63. The average molecular weight is 249 g/mol. The lowest BCUT2D eigenvalue weighted by Crippen LogP contribution is -2.29. The number of carboxylic acids is 1. The van der Waals surface area contributed by atoms with Crippen molar-refractivity contribution in [1.29, 1.82) is 0 Å². The van der Waals surface area contributed by atoms with Gasteiger partial charge in [0, 0.05) is 18.4 Å². The Labute approximate surface area is 104 Å². The molecule has 0 bridgehead atoms. The third-order valence-corrected chi connectivity index (χ3v) is 2.52. The summed E-state index contributed by atoms with van der Waals surface area (Å²) >= 11 is 0. The Bertz CT molecular complexity index is 504. The van der Waals surface area contributed by atoms with Crippen molar-refractivity contribution in [2.45, 2.75) is 26.1 Å². The second kappa shape index (κ2) is 5.50. The first-order chi connectivity index (χ1) is 8.65. The van der Waals surface area contributed by atoms with Crippen LogP contribution in [0.25, 0.3) is 0 Å². The molecule has 6 nitrogen and oxygen atoms in total. The predicted molar refractivity (Wildman–Crippen MR) is 64.2 cm³/mol. The SMILES string of the molecule is CC(Cn1cccn1)NCc1ccc(C(=O)O)o1. The molecule has 0 radical (unpaired) electrons. The molecule has 1 atom stereocenters. The molecule has 1 unspecified atom stereocenters. The summed E-state index contributed by atoms with van der Waals surface area (Å²) in [7, 11) is 0. The van der Waals surface area contributed by atoms with Gasteiger partial charge in [-0.15, -0.1) is 0 Å². The van der Waals surface area contributed by atoms with Crippen molar-refractivity contribution >= 4 is 5.97 Å². The Balaban J connectivity index is 1.81. The van der Waals surface area contributed by atoms with E-state index in [1.807, 2.05) is 23.9 Å². The van der Waals surface area contributed by atoms with E-state index >= 15 is 0 Å². The molecule has 0 saturated heterocycles. The van der Waals surface area contributed by atoms with Gasteiger partial charge in [-0.05, 0) is 25.1 Å². The molecule has 2 rings (SSSR count). The maximum absolute atomic E-state index is 10.6. The van der Waals surface area contributed by atoms with Gasteiger partial charge in [0.1, 0.15) is 5.76 Å². The molecule has 0 saturated carbocycles. The molecule has 18 heavy (non-hydrogen) atoms. The van der Waals surface area contributed by atoms with Crippen LogP contribution < -0.4 is 5.32 Å². The van der Waals surface area contributed by atoms with E-state index in [1.165, 1.54) is 6.07 Å². The summed E-state index contributed by atoms with van der Waals surface area (Å²) in [5.74, 6) is -0.475. The monoisotopic (exact) mass is 249 g/mol. The van der Waals surface area contributed by atoms with E-state index in [2.05, 4.69) is 10.4 Å². The highest BCUT2D eigenvalue weighted by Gasteiger charge is 2.09. The van der Waals surface area contributed by atoms with E-state index in [-0.39, 0.29) is 11.8 Å². The van der Waals surface area contributed by atoms with E-state index < -0.39 is 5.97 Å². The molecule has 0 aliphatic rings. The maximum atomic E-state index is 10.6. The van der Waals surface area contributed by atoms with Crippen molar-refractivity contribution in [3.63, 3.8) is 0 Å². The van der Waals surface area contributed by atoms with Crippen molar-refractivity contribution in [3.8, 4) is 0 Å². The number of rotatable bonds is 6. The summed E-state index contributed by atoms with van der Waals surface area (Å²) < 4.78 is 6.98. The number of furan rings is 1. The molecular weight excluding hydrogens is 234 g/mol. The number of aromatic nitrogens is 2. The molecule has 2 heterocycles. The van der Waals surface area contributed by atoms with Crippen LogP contribution in [0.1, 0.15) is 23.2 Å². The molecule has 0 fully saturated rings. The zero-order valence-corrected chi connectivity index (χ0v) is 10.0. The topological polar surface area (TPSA) is 80.3 Å². The molecule has 96 valence electrons. The Morgan fingerprint density at radius 2 is 2.44 bits per heavy atom. The molecular formula is C12H15N3O3. The standard InChI is InChI=1S/C12H15N3O3/c1-9(8-15-6-2-5-14-15)13-7-10-3-4-11(18-10)12(16)17/h2-6,9,13H,7-8H2,1H3,(H,16,17). The number of hydrogen-bond acceptors (Lipinski definition) is 4. The van der Waals surface area contributed by atoms with Crippen molar-refractivity contribution in [3.05, 3.63) is 42.1 Å². The van der Waals surface area contributed by atoms with Gasteiger partial charge in [0.15, 0.2) is 0 Å². The van der Waals surface area contributed by atoms with Crippen LogP contribution in [0.15, 0.2) is 35.0 Å². The van der Waals surface area contributed by atoms with Gasteiger partial charge in [-0.25, -0.2) is 4.79 Å². The van der Waals surface area contributed by atoms with Crippen LogP contribution in [0.3, 0.4) is 0 Å². The van der Waals surface area contributed by atoms with Gasteiger partial charge in [-0.3, -0.25) is 4.68 Å². The minimum absolute atomic E-state index is 0.0356. The lowest BCUT2D eigenvalue weighted by Gasteiger charge is -2.12. The molecule has 2 aromatic heterocycles. The number of nitrogens with one attached hydrogen (secondary N) is 1. The summed E-state index contributed by atoms with van der Waals surface area (Å²) in [6, 6.07) is 5.20. The molecule has 0 aliphatic heterocycles. The largest absolute Gasteiger partial charge is 0.475 e. The summed E-state index contributed by atoms with van der Waals surface area (Å²) in [4.78, 5) is 10.6. The first kappa shape index (κ1) is 12.4. The summed E-state index contributed by atoms with van der Waals surface area (Å²) in [5.41, 5.74) is 0. The molecule has 2 N–H and O–H groups in total. The zero-order valence-electron chi connectivity index (χ0n) is 10.0. The van der Waals surface area contributed by atoms with Gasteiger partial charge in [-0.1, -0.05) is 0 Å². The second-order valence-corrected chi connectivity index (χ2v) is 4.08. The third kappa shape index (κ3) is 3.21. The fourth-order valence-corrected chi connectivity index (χ4v) is 1.62. The molecule has 0 amide bonds. The Morgan fingerprint density at radius 1 is 1.61 bits per heavy atom. The van der Waals surface area contributed by atoms with Crippen LogP contribution in [0.4, 0.5) is 0 Å². The zero-order chi connectivity index (χ0) is 13.0. The first-order valence-corrected chi connectivity index (χ1v) is 5.68. The minimum Gasteiger partial charge on any atom is -0.475 e. The fourth-order valence-electron chi connectivity index (χ4n) is 1.62. The van der Waals surface area contributed by atoms with Gasteiger partial charge in [0.2, 0.25) is 5.76 Å². The smallest absolute Gasteiger partial charge is 0.371 e. The highest BCUT2D eigenvalue weighted by atomic mass is 16.4. The van der Waals surface area contributed by atoms with Crippen molar-refractivity contribution < 1.29 is 14.3 Å². The molecule has 0 aliphatic carbocycles. The maximum Gasteiger partial charge on any atom is 0.371 e. The summed E-state index contributed by atoms with van der Waals surface area (Å²) in [5, 5.41) is 16.1. The lowest BCUT2D eigenvalue weighted by molar-refractivity contribution is 0.0660. The Hall–Kier alpha value is -2.08. The first-order valence-electron chi connectivity index (χ1n) is 5.68.